The second-order valence-electron chi connectivity index (χ2n) is 9.45. The van der Waals surface area contributed by atoms with E-state index in [1.165, 1.54) is 12.8 Å². The maximum Gasteiger partial charge on any atom is 0.321 e. The van der Waals surface area contributed by atoms with Crippen molar-refractivity contribution in [2.24, 2.45) is 35.5 Å². The Kier molecular flexibility index (Phi) is 5.42. The van der Waals surface area contributed by atoms with Crippen molar-refractivity contribution in [1.29, 1.82) is 0 Å². The second kappa shape index (κ2) is 7.80. The van der Waals surface area contributed by atoms with E-state index < -0.39 is 11.9 Å². The molecule has 4 bridgehead atoms. The van der Waals surface area contributed by atoms with Gasteiger partial charge in [-0.05, 0) is 74.5 Å². The number of carbonyl (C=O) groups excluding carboxylic acids is 3. The van der Waals surface area contributed by atoms with Gasteiger partial charge in [0.05, 0.1) is 5.92 Å². The Labute approximate surface area is 161 Å². The first kappa shape index (κ1) is 18.8. The van der Waals surface area contributed by atoms with E-state index >= 15 is 0 Å². The Morgan fingerprint density at radius 3 is 2.19 bits per heavy atom. The van der Waals surface area contributed by atoms with Crippen molar-refractivity contribution >= 4 is 17.9 Å². The molecule has 0 aromatic rings. The van der Waals surface area contributed by atoms with Crippen LogP contribution in [0.5, 0.6) is 0 Å². The summed E-state index contributed by atoms with van der Waals surface area (Å²) in [5, 5.41) is 5.19. The summed E-state index contributed by atoms with van der Waals surface area (Å²) < 4.78 is 5.31. The Bertz CT molecular complexity index is 577. The zero-order valence-corrected chi connectivity index (χ0v) is 16.2. The summed E-state index contributed by atoms with van der Waals surface area (Å²) in [4.78, 5) is 36.6. The fraction of sp³-hybridized carbons (Fsp3) is 0.857. The summed E-state index contributed by atoms with van der Waals surface area (Å²) in [5.74, 6) is 2.07. The molecule has 5 saturated carbocycles. The summed E-state index contributed by atoms with van der Waals surface area (Å²) in [6, 6.07) is -0.369. The SMILES string of the molecule is C[C@H]1CCCC[C@H]1NC(=O)NC(=O)COC(=O)C1C2CC3CC(C2)CC1C3. The van der Waals surface area contributed by atoms with Crippen molar-refractivity contribution in [3.8, 4) is 0 Å². The predicted molar refractivity (Wildman–Crippen MR) is 99.6 cm³/mol. The molecule has 0 unspecified atom stereocenters. The van der Waals surface area contributed by atoms with Gasteiger partial charge in [0, 0.05) is 6.04 Å². The van der Waals surface area contributed by atoms with Gasteiger partial charge in [-0.1, -0.05) is 19.8 Å². The fourth-order valence-corrected chi connectivity index (χ4v) is 6.44. The zero-order valence-electron chi connectivity index (χ0n) is 16.2. The molecule has 0 heterocycles. The van der Waals surface area contributed by atoms with Gasteiger partial charge in [-0.25, -0.2) is 4.79 Å². The summed E-state index contributed by atoms with van der Waals surface area (Å²) in [6.07, 6.45) is 10.2. The third-order valence-electron chi connectivity index (χ3n) is 7.53. The van der Waals surface area contributed by atoms with Crippen LogP contribution in [0.4, 0.5) is 4.79 Å². The van der Waals surface area contributed by atoms with Crippen molar-refractivity contribution in [3.05, 3.63) is 0 Å². The lowest BCUT2D eigenvalue weighted by Gasteiger charge is -2.53. The largest absolute Gasteiger partial charge is 0.455 e. The summed E-state index contributed by atoms with van der Waals surface area (Å²) in [5.41, 5.74) is 0. The number of carbonyl (C=O) groups is 3. The van der Waals surface area contributed by atoms with Crippen molar-refractivity contribution in [2.45, 2.75) is 70.8 Å². The molecular formula is C21H32N2O4. The lowest BCUT2D eigenvalue weighted by Crippen LogP contribution is -2.50. The number of ether oxygens (including phenoxy) is 1. The third kappa shape index (κ3) is 4.14. The minimum atomic E-state index is -0.548. The van der Waals surface area contributed by atoms with Crippen LogP contribution < -0.4 is 10.6 Å². The molecule has 5 aliphatic carbocycles. The van der Waals surface area contributed by atoms with E-state index in [1.807, 2.05) is 0 Å². The lowest BCUT2D eigenvalue weighted by molar-refractivity contribution is -0.164. The third-order valence-corrected chi connectivity index (χ3v) is 7.53. The molecule has 0 spiro atoms. The molecule has 0 aliphatic heterocycles. The molecule has 2 atom stereocenters. The number of imide groups is 1. The predicted octanol–water partition coefficient (Wildman–Crippen LogP) is 3.01. The van der Waals surface area contributed by atoms with Crippen molar-refractivity contribution in [2.75, 3.05) is 6.61 Å². The molecule has 0 aromatic heterocycles. The monoisotopic (exact) mass is 376 g/mol. The number of rotatable bonds is 4. The molecule has 6 heteroatoms. The highest BCUT2D eigenvalue weighted by Gasteiger charge is 2.51. The van der Waals surface area contributed by atoms with Gasteiger partial charge in [-0.3, -0.25) is 14.9 Å². The summed E-state index contributed by atoms with van der Waals surface area (Å²) in [7, 11) is 0. The van der Waals surface area contributed by atoms with E-state index in [4.69, 9.17) is 4.74 Å². The maximum atomic E-state index is 12.6. The first-order chi connectivity index (χ1) is 13.0. The average molecular weight is 376 g/mol. The van der Waals surface area contributed by atoms with Crippen LogP contribution >= 0.6 is 0 Å². The average Bonchev–Trinajstić information content (AvgIpc) is 2.61. The molecule has 0 saturated heterocycles. The number of esters is 1. The van der Waals surface area contributed by atoms with Gasteiger partial charge in [0.2, 0.25) is 0 Å². The highest BCUT2D eigenvalue weighted by atomic mass is 16.5. The topological polar surface area (TPSA) is 84.5 Å². The van der Waals surface area contributed by atoms with Gasteiger partial charge in [0.1, 0.15) is 0 Å². The Morgan fingerprint density at radius 2 is 1.56 bits per heavy atom. The first-order valence-corrected chi connectivity index (χ1v) is 10.8. The smallest absolute Gasteiger partial charge is 0.321 e. The normalized spacial score (nSPS) is 39.7. The zero-order chi connectivity index (χ0) is 19.0. The van der Waals surface area contributed by atoms with Gasteiger partial charge in [0.15, 0.2) is 6.61 Å². The molecule has 3 amide bonds. The van der Waals surface area contributed by atoms with Crippen LogP contribution in [-0.4, -0.2) is 30.6 Å². The second-order valence-corrected chi connectivity index (χ2v) is 9.45. The summed E-state index contributed by atoms with van der Waals surface area (Å²) in [6.45, 7) is 1.76. The van der Waals surface area contributed by atoms with E-state index in [1.54, 1.807) is 0 Å². The Hall–Kier alpha value is -1.59. The van der Waals surface area contributed by atoms with Crippen LogP contribution in [0.2, 0.25) is 0 Å². The van der Waals surface area contributed by atoms with Crippen molar-refractivity contribution in [3.63, 3.8) is 0 Å². The molecule has 150 valence electrons. The van der Waals surface area contributed by atoms with Gasteiger partial charge in [-0.2, -0.15) is 0 Å². The molecule has 27 heavy (non-hydrogen) atoms. The van der Waals surface area contributed by atoms with E-state index in [2.05, 4.69) is 17.6 Å². The Balaban J connectivity index is 1.21. The molecule has 0 radical (unpaired) electrons. The molecular weight excluding hydrogens is 344 g/mol. The molecule has 5 fully saturated rings. The van der Waals surface area contributed by atoms with E-state index in [0.717, 1.165) is 56.8 Å². The quantitative estimate of drug-likeness (QED) is 0.739. The maximum absolute atomic E-state index is 12.6. The summed E-state index contributed by atoms with van der Waals surface area (Å²) >= 11 is 0. The van der Waals surface area contributed by atoms with Gasteiger partial charge < -0.3 is 10.1 Å². The number of hydrogen-bond donors (Lipinski definition) is 2. The number of hydrogen-bond acceptors (Lipinski definition) is 4. The molecule has 5 aliphatic rings. The molecule has 0 aromatic carbocycles. The minimum Gasteiger partial charge on any atom is -0.455 e. The van der Waals surface area contributed by atoms with Crippen molar-refractivity contribution in [1.82, 2.24) is 10.6 Å². The number of nitrogens with one attached hydrogen (secondary N) is 2. The van der Waals surface area contributed by atoms with Gasteiger partial charge in [-0.15, -0.1) is 0 Å². The van der Waals surface area contributed by atoms with Crippen LogP contribution in [0.15, 0.2) is 0 Å². The molecule has 6 nitrogen and oxygen atoms in total. The van der Waals surface area contributed by atoms with Crippen molar-refractivity contribution < 1.29 is 19.1 Å². The first-order valence-electron chi connectivity index (χ1n) is 10.8. The van der Waals surface area contributed by atoms with Crippen LogP contribution in [0, 0.1) is 35.5 Å². The van der Waals surface area contributed by atoms with Gasteiger partial charge in [0.25, 0.3) is 5.91 Å². The van der Waals surface area contributed by atoms with E-state index in [-0.39, 0.29) is 24.5 Å². The van der Waals surface area contributed by atoms with Crippen LogP contribution in [0.25, 0.3) is 0 Å². The van der Waals surface area contributed by atoms with E-state index in [0.29, 0.717) is 17.8 Å². The van der Waals surface area contributed by atoms with Crippen LogP contribution in [0.1, 0.15) is 64.7 Å². The molecule has 5 rings (SSSR count). The minimum absolute atomic E-state index is 0.0393. The fourth-order valence-electron chi connectivity index (χ4n) is 6.44. The number of amides is 3. The standard InChI is InChI=1S/C21H32N2O4/c1-12-4-2-3-5-17(12)22-21(26)23-18(24)11-27-20(25)19-15-7-13-6-14(9-15)10-16(19)8-13/h12-17,19H,2-11H2,1H3,(H2,22,23,24,26)/t12-,13?,14?,15?,16?,17+,19?/m0/s1. The Morgan fingerprint density at radius 1 is 0.926 bits per heavy atom. The van der Waals surface area contributed by atoms with Crippen LogP contribution in [-0.2, 0) is 14.3 Å². The molecule has 2 N–H and O–H groups in total. The highest BCUT2D eigenvalue weighted by Crippen LogP contribution is 2.56. The van der Waals surface area contributed by atoms with Gasteiger partial charge >= 0.3 is 12.0 Å². The highest BCUT2D eigenvalue weighted by molar-refractivity contribution is 5.95. The number of urea groups is 1. The lowest BCUT2D eigenvalue weighted by atomic mass is 9.52. The van der Waals surface area contributed by atoms with Crippen LogP contribution in [0.3, 0.4) is 0 Å². The van der Waals surface area contributed by atoms with E-state index in [9.17, 15) is 14.4 Å².